The van der Waals surface area contributed by atoms with Gasteiger partial charge in [-0.15, -0.1) is 0 Å². The van der Waals surface area contributed by atoms with Crippen molar-refractivity contribution in [2.75, 3.05) is 26.7 Å². The number of nitrogens with one attached hydrogen (secondary N) is 1. The lowest BCUT2D eigenvalue weighted by atomic mass is 9.99. The van der Waals surface area contributed by atoms with E-state index >= 15 is 0 Å². The van der Waals surface area contributed by atoms with Crippen LogP contribution in [0.15, 0.2) is 42.5 Å². The summed E-state index contributed by atoms with van der Waals surface area (Å²) >= 11 is 0. The van der Waals surface area contributed by atoms with Gasteiger partial charge in [0.15, 0.2) is 0 Å². The van der Waals surface area contributed by atoms with Gasteiger partial charge in [0.25, 0.3) is 0 Å². The van der Waals surface area contributed by atoms with Crippen LogP contribution in [0.5, 0.6) is 0 Å². The van der Waals surface area contributed by atoms with Crippen LogP contribution in [-0.2, 0) is 16.0 Å². The van der Waals surface area contributed by atoms with Crippen LogP contribution in [0.25, 0.3) is 10.8 Å². The predicted molar refractivity (Wildman–Crippen MR) is 102 cm³/mol. The number of fused-ring (bicyclic) bond motifs is 1. The highest BCUT2D eigenvalue weighted by atomic mass is 16.5. The van der Waals surface area contributed by atoms with Gasteiger partial charge in [0.1, 0.15) is 6.04 Å². The molecule has 0 bridgehead atoms. The molecule has 0 spiro atoms. The molecule has 2 atom stereocenters. The summed E-state index contributed by atoms with van der Waals surface area (Å²) < 4.78 is 5.12. The second-order valence-corrected chi connectivity index (χ2v) is 6.86. The average molecular weight is 340 g/mol. The fraction of sp³-hybridized carbons (Fsp3) is 0.476. The minimum Gasteiger partial charge on any atom is -0.468 e. The van der Waals surface area contributed by atoms with Crippen molar-refractivity contribution in [3.8, 4) is 0 Å². The molecule has 1 aliphatic rings. The van der Waals surface area contributed by atoms with E-state index in [2.05, 4.69) is 53.5 Å². The Morgan fingerprint density at radius 1 is 1.28 bits per heavy atom. The molecule has 2 aromatic carbocycles. The van der Waals surface area contributed by atoms with E-state index in [1.807, 2.05) is 6.07 Å². The van der Waals surface area contributed by atoms with Gasteiger partial charge in [0.05, 0.1) is 7.11 Å². The number of esters is 1. The second-order valence-electron chi connectivity index (χ2n) is 6.86. The van der Waals surface area contributed by atoms with E-state index in [-0.39, 0.29) is 12.0 Å². The van der Waals surface area contributed by atoms with Gasteiger partial charge in [-0.05, 0) is 29.2 Å². The third kappa shape index (κ3) is 4.39. The molecule has 0 saturated carbocycles. The topological polar surface area (TPSA) is 41.6 Å². The van der Waals surface area contributed by atoms with E-state index in [4.69, 9.17) is 4.74 Å². The molecule has 1 heterocycles. The number of benzene rings is 2. The fourth-order valence-corrected chi connectivity index (χ4v) is 3.76. The molecule has 1 fully saturated rings. The van der Waals surface area contributed by atoms with Crippen molar-refractivity contribution in [2.24, 2.45) is 0 Å². The SMILES string of the molecule is CCC[C@H]1CN([C@@H](Cc2ccc3ccccc3c2)C(=O)OC)CCN1. The highest BCUT2D eigenvalue weighted by Gasteiger charge is 2.30. The van der Waals surface area contributed by atoms with Crippen molar-refractivity contribution in [2.45, 2.75) is 38.3 Å². The molecule has 3 rings (SSSR count). The van der Waals surface area contributed by atoms with Gasteiger partial charge in [-0.2, -0.15) is 0 Å². The van der Waals surface area contributed by atoms with E-state index in [1.165, 1.54) is 23.4 Å². The van der Waals surface area contributed by atoms with Crippen LogP contribution in [0.1, 0.15) is 25.3 Å². The summed E-state index contributed by atoms with van der Waals surface area (Å²) in [6.45, 7) is 4.91. The Kier molecular flexibility index (Phi) is 6.05. The average Bonchev–Trinajstić information content (AvgIpc) is 2.66. The summed E-state index contributed by atoms with van der Waals surface area (Å²) in [5.41, 5.74) is 1.18. The first-order valence-corrected chi connectivity index (χ1v) is 9.24. The maximum Gasteiger partial charge on any atom is 0.323 e. The summed E-state index contributed by atoms with van der Waals surface area (Å²) in [6, 6.07) is 15.0. The first kappa shape index (κ1) is 17.9. The van der Waals surface area contributed by atoms with Gasteiger partial charge in [-0.25, -0.2) is 0 Å². The molecule has 0 aromatic heterocycles. The standard InChI is InChI=1S/C21H28N2O2/c1-3-6-19-15-23(12-11-22-19)20(21(24)25-2)14-16-9-10-17-7-4-5-8-18(17)13-16/h4-5,7-10,13,19-20,22H,3,6,11-12,14-15H2,1-2H3/t19-,20-/m0/s1. The summed E-state index contributed by atoms with van der Waals surface area (Å²) in [6.07, 6.45) is 2.98. The number of methoxy groups -OCH3 is 1. The molecule has 25 heavy (non-hydrogen) atoms. The predicted octanol–water partition coefficient (Wildman–Crippen LogP) is 3.00. The van der Waals surface area contributed by atoms with Crippen LogP contribution in [0.4, 0.5) is 0 Å². The Hall–Kier alpha value is -1.91. The molecule has 0 aliphatic carbocycles. The number of rotatable bonds is 6. The Morgan fingerprint density at radius 2 is 2.08 bits per heavy atom. The molecule has 1 saturated heterocycles. The van der Waals surface area contributed by atoms with E-state index < -0.39 is 0 Å². The summed E-state index contributed by atoms with van der Waals surface area (Å²) in [5.74, 6) is -0.134. The molecule has 0 radical (unpaired) electrons. The summed E-state index contributed by atoms with van der Waals surface area (Å²) in [7, 11) is 1.49. The molecule has 134 valence electrons. The quantitative estimate of drug-likeness (QED) is 0.821. The lowest BCUT2D eigenvalue weighted by molar-refractivity contribution is -0.147. The van der Waals surface area contributed by atoms with Crippen molar-refractivity contribution in [1.82, 2.24) is 10.2 Å². The third-order valence-corrected chi connectivity index (χ3v) is 5.08. The Morgan fingerprint density at radius 3 is 2.84 bits per heavy atom. The molecular formula is C21H28N2O2. The van der Waals surface area contributed by atoms with Crippen molar-refractivity contribution in [1.29, 1.82) is 0 Å². The van der Waals surface area contributed by atoms with Crippen molar-refractivity contribution in [3.05, 3.63) is 48.0 Å². The van der Waals surface area contributed by atoms with E-state index in [9.17, 15) is 4.79 Å². The summed E-state index contributed by atoms with van der Waals surface area (Å²) in [4.78, 5) is 14.7. The molecule has 2 aromatic rings. The molecule has 4 nitrogen and oxygen atoms in total. The number of piperazine rings is 1. The second kappa shape index (κ2) is 8.45. The number of carbonyl (C=O) groups is 1. The van der Waals surface area contributed by atoms with Crippen LogP contribution in [0.3, 0.4) is 0 Å². The molecule has 4 heteroatoms. The first-order valence-electron chi connectivity index (χ1n) is 9.24. The van der Waals surface area contributed by atoms with Gasteiger partial charge in [-0.3, -0.25) is 9.69 Å². The van der Waals surface area contributed by atoms with E-state index in [0.29, 0.717) is 12.5 Å². The minimum absolute atomic E-state index is 0.134. The lowest BCUT2D eigenvalue weighted by Gasteiger charge is -2.37. The first-order chi connectivity index (χ1) is 12.2. The van der Waals surface area contributed by atoms with Crippen LogP contribution < -0.4 is 5.32 Å². The van der Waals surface area contributed by atoms with Gasteiger partial charge in [0.2, 0.25) is 0 Å². The number of ether oxygens (including phenoxy) is 1. The van der Waals surface area contributed by atoms with Crippen LogP contribution >= 0.6 is 0 Å². The third-order valence-electron chi connectivity index (χ3n) is 5.08. The maximum atomic E-state index is 12.5. The number of hydrogen-bond donors (Lipinski definition) is 1. The normalized spacial score (nSPS) is 19.7. The van der Waals surface area contributed by atoms with Gasteiger partial charge in [0, 0.05) is 25.7 Å². The smallest absolute Gasteiger partial charge is 0.323 e. The molecule has 0 amide bonds. The van der Waals surface area contributed by atoms with Crippen LogP contribution in [0, 0.1) is 0 Å². The van der Waals surface area contributed by atoms with Crippen LogP contribution in [0.2, 0.25) is 0 Å². The zero-order valence-electron chi connectivity index (χ0n) is 15.2. The highest BCUT2D eigenvalue weighted by molar-refractivity contribution is 5.83. The molecular weight excluding hydrogens is 312 g/mol. The zero-order valence-corrected chi connectivity index (χ0v) is 15.2. The van der Waals surface area contributed by atoms with Gasteiger partial charge in [-0.1, -0.05) is 55.8 Å². The van der Waals surface area contributed by atoms with Crippen molar-refractivity contribution < 1.29 is 9.53 Å². The number of carbonyl (C=O) groups excluding carboxylic acids is 1. The summed E-state index contributed by atoms with van der Waals surface area (Å²) in [5, 5.41) is 6.00. The highest BCUT2D eigenvalue weighted by Crippen LogP contribution is 2.19. The molecule has 0 unspecified atom stereocenters. The van der Waals surface area contributed by atoms with Crippen molar-refractivity contribution >= 4 is 16.7 Å². The Balaban J connectivity index is 1.79. The Bertz CT molecular complexity index is 714. The number of hydrogen-bond acceptors (Lipinski definition) is 4. The fourth-order valence-electron chi connectivity index (χ4n) is 3.76. The van der Waals surface area contributed by atoms with Gasteiger partial charge >= 0.3 is 5.97 Å². The van der Waals surface area contributed by atoms with Crippen molar-refractivity contribution in [3.63, 3.8) is 0 Å². The molecule has 1 aliphatic heterocycles. The molecule has 1 N–H and O–H groups in total. The minimum atomic E-state index is -0.215. The Labute approximate surface area is 150 Å². The lowest BCUT2D eigenvalue weighted by Crippen LogP contribution is -2.56. The monoisotopic (exact) mass is 340 g/mol. The van der Waals surface area contributed by atoms with E-state index in [0.717, 1.165) is 32.5 Å². The number of nitrogens with zero attached hydrogens (tertiary/aromatic N) is 1. The van der Waals surface area contributed by atoms with Gasteiger partial charge < -0.3 is 10.1 Å². The largest absolute Gasteiger partial charge is 0.468 e. The maximum absolute atomic E-state index is 12.5. The zero-order chi connectivity index (χ0) is 17.6. The van der Waals surface area contributed by atoms with Crippen LogP contribution in [-0.4, -0.2) is 49.7 Å². The van der Waals surface area contributed by atoms with E-state index in [1.54, 1.807) is 0 Å².